The molecule has 0 aromatic carbocycles. The monoisotopic (exact) mass is 252 g/mol. The van der Waals surface area contributed by atoms with Gasteiger partial charge in [0.25, 0.3) is 0 Å². The molecular weight excluding hydrogens is 224 g/mol. The number of esters is 1. The van der Waals surface area contributed by atoms with Crippen molar-refractivity contribution in [1.82, 2.24) is 0 Å². The van der Waals surface area contributed by atoms with E-state index in [9.17, 15) is 4.79 Å². The summed E-state index contributed by atoms with van der Waals surface area (Å²) in [6.07, 6.45) is 18.5. The highest BCUT2D eigenvalue weighted by Crippen LogP contribution is 2.06. The first-order chi connectivity index (χ1) is 8.77. The highest BCUT2D eigenvalue weighted by atomic mass is 16.5. The Hall–Kier alpha value is -1.05. The van der Waals surface area contributed by atoms with Crippen LogP contribution in [0.15, 0.2) is 24.3 Å². The summed E-state index contributed by atoms with van der Waals surface area (Å²) in [5.41, 5.74) is 0. The molecule has 2 heteroatoms. The Labute approximate surface area is 112 Å². The maximum atomic E-state index is 10.5. The van der Waals surface area contributed by atoms with Crippen molar-refractivity contribution in [2.75, 3.05) is 6.61 Å². The topological polar surface area (TPSA) is 26.3 Å². The molecule has 0 aromatic heterocycles. The van der Waals surface area contributed by atoms with Crippen LogP contribution >= 0.6 is 0 Å². The van der Waals surface area contributed by atoms with Gasteiger partial charge in [0.1, 0.15) is 6.61 Å². The van der Waals surface area contributed by atoms with Crippen LogP contribution in [0, 0.1) is 0 Å². The van der Waals surface area contributed by atoms with Gasteiger partial charge in [0.15, 0.2) is 0 Å². The summed E-state index contributed by atoms with van der Waals surface area (Å²) in [5, 5.41) is 0. The van der Waals surface area contributed by atoms with E-state index < -0.39 is 0 Å². The van der Waals surface area contributed by atoms with Gasteiger partial charge in [-0.3, -0.25) is 4.79 Å². The fraction of sp³-hybridized carbons (Fsp3) is 0.688. The van der Waals surface area contributed by atoms with E-state index in [1.165, 1.54) is 51.9 Å². The summed E-state index contributed by atoms with van der Waals surface area (Å²) < 4.78 is 4.80. The molecule has 0 rings (SSSR count). The molecule has 0 atom stereocenters. The highest BCUT2D eigenvalue weighted by Gasteiger charge is 1.89. The van der Waals surface area contributed by atoms with Crippen LogP contribution in [0.25, 0.3) is 0 Å². The minimum absolute atomic E-state index is 0.212. The molecule has 0 aliphatic heterocycles. The molecule has 0 aromatic rings. The lowest BCUT2D eigenvalue weighted by Gasteiger charge is -1.97. The molecule has 0 unspecified atom stereocenters. The van der Waals surface area contributed by atoms with E-state index in [2.05, 4.69) is 25.2 Å². The van der Waals surface area contributed by atoms with Crippen LogP contribution in [-0.2, 0) is 9.53 Å². The number of rotatable bonds is 11. The molecule has 0 N–H and O–H groups in total. The van der Waals surface area contributed by atoms with Gasteiger partial charge in [0.2, 0.25) is 0 Å². The third-order valence-electron chi connectivity index (χ3n) is 2.66. The summed E-state index contributed by atoms with van der Waals surface area (Å²) in [5.74, 6) is -0.212. The quantitative estimate of drug-likeness (QED) is 0.300. The van der Waals surface area contributed by atoms with Crippen LogP contribution in [0.4, 0.5) is 0 Å². The van der Waals surface area contributed by atoms with Crippen molar-refractivity contribution < 1.29 is 9.53 Å². The fourth-order valence-electron chi connectivity index (χ4n) is 1.63. The summed E-state index contributed by atoms with van der Waals surface area (Å²) in [6.45, 7) is 4.06. The minimum atomic E-state index is -0.212. The van der Waals surface area contributed by atoms with Gasteiger partial charge in [-0.2, -0.15) is 0 Å². The number of carbonyl (C=O) groups excluding carboxylic acids is 1. The SMILES string of the molecule is CCC/C=C/CCCCCC/C=C/COC(C)=O. The molecule has 104 valence electrons. The van der Waals surface area contributed by atoms with E-state index in [0.717, 1.165) is 6.42 Å². The Morgan fingerprint density at radius 2 is 1.44 bits per heavy atom. The summed E-state index contributed by atoms with van der Waals surface area (Å²) in [4.78, 5) is 10.5. The van der Waals surface area contributed by atoms with E-state index in [0.29, 0.717) is 6.61 Å². The summed E-state index contributed by atoms with van der Waals surface area (Å²) in [6, 6.07) is 0. The first-order valence-electron chi connectivity index (χ1n) is 7.20. The largest absolute Gasteiger partial charge is 0.462 e. The van der Waals surface area contributed by atoms with Crippen molar-refractivity contribution in [3.63, 3.8) is 0 Å². The Morgan fingerprint density at radius 1 is 0.889 bits per heavy atom. The van der Waals surface area contributed by atoms with Gasteiger partial charge in [-0.1, -0.05) is 50.5 Å². The van der Waals surface area contributed by atoms with E-state index in [4.69, 9.17) is 4.74 Å². The van der Waals surface area contributed by atoms with Crippen molar-refractivity contribution in [3.05, 3.63) is 24.3 Å². The molecule has 0 saturated carbocycles. The molecule has 2 nitrogen and oxygen atoms in total. The normalized spacial score (nSPS) is 11.4. The standard InChI is InChI=1S/C16H28O2/c1-3-4-5-6-7-8-9-10-11-12-13-14-15-18-16(2)17/h5-6,13-14H,3-4,7-12,15H2,1-2H3/b6-5+,14-13+. The lowest BCUT2D eigenvalue weighted by molar-refractivity contribution is -0.139. The molecule has 0 amide bonds. The van der Waals surface area contributed by atoms with Gasteiger partial charge in [0, 0.05) is 6.92 Å². The molecule has 18 heavy (non-hydrogen) atoms. The predicted molar refractivity (Wildman–Crippen MR) is 77.5 cm³/mol. The first-order valence-corrected chi connectivity index (χ1v) is 7.20. The zero-order valence-electron chi connectivity index (χ0n) is 12.0. The molecule has 0 radical (unpaired) electrons. The van der Waals surface area contributed by atoms with Crippen molar-refractivity contribution in [2.24, 2.45) is 0 Å². The third-order valence-corrected chi connectivity index (χ3v) is 2.66. The summed E-state index contributed by atoms with van der Waals surface area (Å²) in [7, 11) is 0. The van der Waals surface area contributed by atoms with Crippen LogP contribution in [-0.4, -0.2) is 12.6 Å². The zero-order valence-corrected chi connectivity index (χ0v) is 12.0. The second-order valence-electron chi connectivity index (χ2n) is 4.53. The van der Waals surface area contributed by atoms with Gasteiger partial charge in [0.05, 0.1) is 0 Å². The zero-order chi connectivity index (χ0) is 13.5. The van der Waals surface area contributed by atoms with Gasteiger partial charge in [-0.15, -0.1) is 0 Å². The summed E-state index contributed by atoms with van der Waals surface area (Å²) >= 11 is 0. The number of unbranched alkanes of at least 4 members (excludes halogenated alkanes) is 6. The maximum Gasteiger partial charge on any atom is 0.302 e. The Bertz CT molecular complexity index is 241. The molecular formula is C16H28O2. The van der Waals surface area contributed by atoms with E-state index in [1.54, 1.807) is 0 Å². The van der Waals surface area contributed by atoms with Gasteiger partial charge in [-0.05, 0) is 32.1 Å². The molecule has 0 spiro atoms. The first kappa shape index (κ1) is 16.9. The van der Waals surface area contributed by atoms with E-state index in [-0.39, 0.29) is 5.97 Å². The van der Waals surface area contributed by atoms with E-state index in [1.807, 2.05) is 6.08 Å². The Balaban J connectivity index is 3.13. The van der Waals surface area contributed by atoms with Crippen molar-refractivity contribution in [1.29, 1.82) is 0 Å². The maximum absolute atomic E-state index is 10.5. The van der Waals surface area contributed by atoms with Gasteiger partial charge >= 0.3 is 5.97 Å². The van der Waals surface area contributed by atoms with E-state index >= 15 is 0 Å². The average molecular weight is 252 g/mol. The fourth-order valence-corrected chi connectivity index (χ4v) is 1.63. The molecule has 0 saturated heterocycles. The number of ether oxygens (including phenoxy) is 1. The lowest BCUT2D eigenvalue weighted by atomic mass is 10.1. The number of carbonyl (C=O) groups is 1. The van der Waals surface area contributed by atoms with Crippen LogP contribution in [0.5, 0.6) is 0 Å². The van der Waals surface area contributed by atoms with Crippen molar-refractivity contribution in [3.8, 4) is 0 Å². The average Bonchev–Trinajstić information content (AvgIpc) is 2.34. The van der Waals surface area contributed by atoms with Gasteiger partial charge in [-0.25, -0.2) is 0 Å². The second kappa shape index (κ2) is 14.0. The lowest BCUT2D eigenvalue weighted by Crippen LogP contribution is -1.97. The molecule has 0 aliphatic rings. The predicted octanol–water partition coefficient (Wildman–Crippen LogP) is 4.80. The molecule has 0 heterocycles. The smallest absolute Gasteiger partial charge is 0.302 e. The highest BCUT2D eigenvalue weighted by molar-refractivity contribution is 5.65. The molecule has 0 bridgehead atoms. The van der Waals surface area contributed by atoms with Crippen LogP contribution in [0.1, 0.15) is 65.2 Å². The van der Waals surface area contributed by atoms with Crippen LogP contribution < -0.4 is 0 Å². The number of hydrogen-bond donors (Lipinski definition) is 0. The van der Waals surface area contributed by atoms with Crippen molar-refractivity contribution >= 4 is 5.97 Å². The molecule has 0 aliphatic carbocycles. The number of allylic oxidation sites excluding steroid dienone is 3. The number of hydrogen-bond acceptors (Lipinski definition) is 2. The van der Waals surface area contributed by atoms with Crippen molar-refractivity contribution in [2.45, 2.75) is 65.2 Å². The minimum Gasteiger partial charge on any atom is -0.462 e. The van der Waals surface area contributed by atoms with Crippen LogP contribution in [0.2, 0.25) is 0 Å². The van der Waals surface area contributed by atoms with Gasteiger partial charge < -0.3 is 4.74 Å². The van der Waals surface area contributed by atoms with Crippen LogP contribution in [0.3, 0.4) is 0 Å². The molecule has 0 fully saturated rings. The second-order valence-corrected chi connectivity index (χ2v) is 4.53. The third kappa shape index (κ3) is 14.9. The Kier molecular flexibility index (Phi) is 13.2. The Morgan fingerprint density at radius 3 is 2.00 bits per heavy atom.